The summed E-state index contributed by atoms with van der Waals surface area (Å²) in [6.07, 6.45) is 0.819. The fraction of sp³-hybridized carbons (Fsp3) is 0.333. The standard InChI is InChI=1S/C12H11ClN2O2/c13-7-1-2-9-10(5-7)12(17)15(11(9)16)8-3-4-14-6-8/h1-2,5,8,14H,3-4,6H2. The van der Waals surface area contributed by atoms with E-state index in [1.807, 2.05) is 0 Å². The quantitative estimate of drug-likeness (QED) is 0.765. The summed E-state index contributed by atoms with van der Waals surface area (Å²) in [5.41, 5.74) is 0.890. The Hall–Kier alpha value is -1.39. The Kier molecular flexibility index (Phi) is 2.42. The highest BCUT2D eigenvalue weighted by molar-refractivity contribution is 6.32. The zero-order chi connectivity index (χ0) is 12.0. The third-order valence-corrected chi connectivity index (χ3v) is 3.51. The van der Waals surface area contributed by atoms with Crippen molar-refractivity contribution in [3.63, 3.8) is 0 Å². The van der Waals surface area contributed by atoms with Crippen LogP contribution >= 0.6 is 11.6 Å². The molecule has 1 fully saturated rings. The van der Waals surface area contributed by atoms with Crippen LogP contribution in [0.25, 0.3) is 0 Å². The van der Waals surface area contributed by atoms with E-state index in [1.54, 1.807) is 18.2 Å². The van der Waals surface area contributed by atoms with Crippen molar-refractivity contribution < 1.29 is 9.59 Å². The van der Waals surface area contributed by atoms with Crippen LogP contribution in [0.4, 0.5) is 0 Å². The first-order valence-electron chi connectivity index (χ1n) is 5.56. The number of hydrogen-bond acceptors (Lipinski definition) is 3. The molecule has 1 aromatic rings. The minimum Gasteiger partial charge on any atom is -0.315 e. The van der Waals surface area contributed by atoms with Crippen molar-refractivity contribution >= 4 is 23.4 Å². The van der Waals surface area contributed by atoms with Gasteiger partial charge in [-0.25, -0.2) is 0 Å². The minimum atomic E-state index is -0.221. The Morgan fingerprint density at radius 1 is 1.24 bits per heavy atom. The molecule has 0 spiro atoms. The van der Waals surface area contributed by atoms with Gasteiger partial charge in [0.25, 0.3) is 11.8 Å². The Balaban J connectivity index is 2.02. The van der Waals surface area contributed by atoms with E-state index in [-0.39, 0.29) is 17.9 Å². The van der Waals surface area contributed by atoms with Crippen LogP contribution < -0.4 is 5.32 Å². The first-order chi connectivity index (χ1) is 8.18. The molecular weight excluding hydrogens is 240 g/mol. The number of benzene rings is 1. The maximum absolute atomic E-state index is 12.2. The summed E-state index contributed by atoms with van der Waals surface area (Å²) in [7, 11) is 0. The second kappa shape index (κ2) is 3.82. The molecule has 0 aromatic heterocycles. The molecule has 88 valence electrons. The minimum absolute atomic E-state index is 0.0267. The smallest absolute Gasteiger partial charge is 0.261 e. The molecule has 2 amide bonds. The maximum atomic E-state index is 12.2. The van der Waals surface area contributed by atoms with E-state index in [4.69, 9.17) is 11.6 Å². The molecule has 4 nitrogen and oxygen atoms in total. The third kappa shape index (κ3) is 1.56. The molecule has 2 aliphatic heterocycles. The fourth-order valence-corrected chi connectivity index (χ4v) is 2.60. The lowest BCUT2D eigenvalue weighted by Crippen LogP contribution is -2.41. The molecule has 1 N–H and O–H groups in total. The van der Waals surface area contributed by atoms with Gasteiger partial charge in [-0.1, -0.05) is 11.6 Å². The molecule has 3 rings (SSSR count). The second-order valence-corrected chi connectivity index (χ2v) is 4.75. The molecule has 1 aromatic carbocycles. The molecule has 0 radical (unpaired) electrons. The van der Waals surface area contributed by atoms with Gasteiger partial charge in [-0.3, -0.25) is 14.5 Å². The van der Waals surface area contributed by atoms with Gasteiger partial charge in [-0.05, 0) is 31.2 Å². The van der Waals surface area contributed by atoms with Gasteiger partial charge in [0, 0.05) is 11.6 Å². The molecule has 2 heterocycles. The topological polar surface area (TPSA) is 49.4 Å². The number of halogens is 1. The van der Waals surface area contributed by atoms with Gasteiger partial charge in [-0.2, -0.15) is 0 Å². The number of hydrogen-bond donors (Lipinski definition) is 1. The summed E-state index contributed by atoms with van der Waals surface area (Å²) >= 11 is 5.85. The molecule has 5 heteroatoms. The number of rotatable bonds is 1. The predicted octanol–water partition coefficient (Wildman–Crippen LogP) is 1.30. The monoisotopic (exact) mass is 250 g/mol. The summed E-state index contributed by atoms with van der Waals surface area (Å²) in [6.45, 7) is 1.53. The van der Waals surface area contributed by atoms with E-state index in [0.29, 0.717) is 22.7 Å². The first-order valence-corrected chi connectivity index (χ1v) is 5.94. The van der Waals surface area contributed by atoms with Gasteiger partial charge in [0.1, 0.15) is 0 Å². The average molecular weight is 251 g/mol. The number of amides is 2. The van der Waals surface area contributed by atoms with Crippen molar-refractivity contribution in [3.05, 3.63) is 34.3 Å². The zero-order valence-electron chi connectivity index (χ0n) is 9.07. The van der Waals surface area contributed by atoms with Crippen molar-refractivity contribution in [1.29, 1.82) is 0 Å². The third-order valence-electron chi connectivity index (χ3n) is 3.28. The van der Waals surface area contributed by atoms with Crippen molar-refractivity contribution in [2.45, 2.75) is 12.5 Å². The van der Waals surface area contributed by atoms with E-state index >= 15 is 0 Å². The van der Waals surface area contributed by atoms with Gasteiger partial charge >= 0.3 is 0 Å². The Morgan fingerprint density at radius 3 is 2.71 bits per heavy atom. The van der Waals surface area contributed by atoms with E-state index in [2.05, 4.69) is 5.32 Å². The number of carbonyl (C=O) groups is 2. The van der Waals surface area contributed by atoms with E-state index in [1.165, 1.54) is 4.90 Å². The van der Waals surface area contributed by atoms with Crippen molar-refractivity contribution in [1.82, 2.24) is 10.2 Å². The largest absolute Gasteiger partial charge is 0.315 e. The Bertz CT molecular complexity index is 509. The lowest BCUT2D eigenvalue weighted by atomic mass is 10.1. The first kappa shape index (κ1) is 10.7. The molecule has 1 unspecified atom stereocenters. The number of nitrogens with one attached hydrogen (secondary N) is 1. The van der Waals surface area contributed by atoms with E-state index in [0.717, 1.165) is 13.0 Å². The molecule has 0 bridgehead atoms. The van der Waals surface area contributed by atoms with Crippen LogP contribution in [0.1, 0.15) is 27.1 Å². The van der Waals surface area contributed by atoms with Crippen molar-refractivity contribution in [2.24, 2.45) is 0 Å². The van der Waals surface area contributed by atoms with E-state index in [9.17, 15) is 9.59 Å². The fourth-order valence-electron chi connectivity index (χ4n) is 2.42. The molecule has 17 heavy (non-hydrogen) atoms. The van der Waals surface area contributed by atoms with Crippen LogP contribution in [0.3, 0.4) is 0 Å². The number of nitrogens with zero attached hydrogens (tertiary/aromatic N) is 1. The van der Waals surface area contributed by atoms with Crippen LogP contribution in [-0.4, -0.2) is 35.8 Å². The van der Waals surface area contributed by atoms with Crippen LogP contribution in [0, 0.1) is 0 Å². The molecule has 0 saturated carbocycles. The number of imide groups is 1. The van der Waals surface area contributed by atoms with Gasteiger partial charge in [0.2, 0.25) is 0 Å². The number of carbonyl (C=O) groups excluding carboxylic acids is 2. The molecule has 1 saturated heterocycles. The van der Waals surface area contributed by atoms with Crippen LogP contribution in [0.5, 0.6) is 0 Å². The SMILES string of the molecule is O=C1c2ccc(Cl)cc2C(=O)N1C1CCNC1. The summed E-state index contributed by atoms with van der Waals surface area (Å²) in [5.74, 6) is -0.420. The van der Waals surface area contributed by atoms with Crippen LogP contribution in [-0.2, 0) is 0 Å². The van der Waals surface area contributed by atoms with Crippen molar-refractivity contribution in [2.75, 3.05) is 13.1 Å². The summed E-state index contributed by atoms with van der Waals surface area (Å²) in [5, 5.41) is 3.64. The van der Waals surface area contributed by atoms with Crippen LogP contribution in [0.2, 0.25) is 5.02 Å². The van der Waals surface area contributed by atoms with E-state index < -0.39 is 0 Å². The van der Waals surface area contributed by atoms with Gasteiger partial charge in [0.15, 0.2) is 0 Å². The average Bonchev–Trinajstić information content (AvgIpc) is 2.88. The van der Waals surface area contributed by atoms with Crippen LogP contribution in [0.15, 0.2) is 18.2 Å². The summed E-state index contributed by atoms with van der Waals surface area (Å²) in [4.78, 5) is 25.7. The normalized spacial score (nSPS) is 23.4. The lowest BCUT2D eigenvalue weighted by Gasteiger charge is -2.20. The van der Waals surface area contributed by atoms with Crippen molar-refractivity contribution in [3.8, 4) is 0 Å². The summed E-state index contributed by atoms with van der Waals surface area (Å²) < 4.78 is 0. The predicted molar refractivity (Wildman–Crippen MR) is 63.2 cm³/mol. The van der Waals surface area contributed by atoms with Gasteiger partial charge in [0.05, 0.1) is 17.2 Å². The highest BCUT2D eigenvalue weighted by Crippen LogP contribution is 2.28. The Morgan fingerprint density at radius 2 is 2.00 bits per heavy atom. The molecular formula is C12H11ClN2O2. The molecule has 0 aliphatic carbocycles. The maximum Gasteiger partial charge on any atom is 0.261 e. The molecule has 2 aliphatic rings. The Labute approximate surface area is 104 Å². The number of fused-ring (bicyclic) bond motifs is 1. The zero-order valence-corrected chi connectivity index (χ0v) is 9.83. The van der Waals surface area contributed by atoms with Gasteiger partial charge in [-0.15, -0.1) is 0 Å². The van der Waals surface area contributed by atoms with Gasteiger partial charge < -0.3 is 5.32 Å². The second-order valence-electron chi connectivity index (χ2n) is 4.32. The highest BCUT2D eigenvalue weighted by atomic mass is 35.5. The molecule has 1 atom stereocenters. The summed E-state index contributed by atoms with van der Waals surface area (Å²) in [6, 6.07) is 4.81. The lowest BCUT2D eigenvalue weighted by molar-refractivity contribution is 0.0597. The highest BCUT2D eigenvalue weighted by Gasteiger charge is 2.40.